The van der Waals surface area contributed by atoms with E-state index >= 15 is 0 Å². The highest BCUT2D eigenvalue weighted by atomic mass is 79.9. The molecule has 2 aromatic rings. The fourth-order valence-electron chi connectivity index (χ4n) is 2.58. The summed E-state index contributed by atoms with van der Waals surface area (Å²) in [7, 11) is 1.86. The molecule has 1 aliphatic heterocycles. The number of nitrogens with one attached hydrogen (secondary N) is 1. The van der Waals surface area contributed by atoms with Gasteiger partial charge in [-0.2, -0.15) is 0 Å². The number of esters is 1. The average molecular weight is 362 g/mol. The second-order valence-electron chi connectivity index (χ2n) is 4.99. The average Bonchev–Trinajstić information content (AvgIpc) is 2.55. The molecule has 0 unspecified atom stereocenters. The van der Waals surface area contributed by atoms with Crippen LogP contribution in [-0.4, -0.2) is 19.6 Å². The first kappa shape index (κ1) is 14.9. The summed E-state index contributed by atoms with van der Waals surface area (Å²) in [6, 6.07) is 10.8. The number of para-hydroxylation sites is 1. The van der Waals surface area contributed by atoms with Crippen molar-refractivity contribution in [3.63, 3.8) is 0 Å². The molecule has 0 saturated carbocycles. The maximum atomic E-state index is 12.5. The third-order valence-electron chi connectivity index (χ3n) is 3.57. The molecular weight excluding hydrogens is 346 g/mol. The van der Waals surface area contributed by atoms with E-state index in [0.717, 1.165) is 28.6 Å². The van der Waals surface area contributed by atoms with Crippen molar-refractivity contribution in [1.82, 2.24) is 0 Å². The summed E-state index contributed by atoms with van der Waals surface area (Å²) in [5.74, 6) is 0.735. The molecule has 0 atom stereocenters. The van der Waals surface area contributed by atoms with Crippen LogP contribution < -0.4 is 14.8 Å². The third kappa shape index (κ3) is 2.81. The number of ether oxygens (including phenoxy) is 2. The smallest absolute Gasteiger partial charge is 0.347 e. The second-order valence-corrected chi connectivity index (χ2v) is 5.85. The largest absolute Gasteiger partial charge is 0.492 e. The molecule has 4 nitrogen and oxygen atoms in total. The van der Waals surface area contributed by atoms with Crippen molar-refractivity contribution >= 4 is 27.6 Å². The van der Waals surface area contributed by atoms with Gasteiger partial charge in [0.1, 0.15) is 17.1 Å². The maximum Gasteiger partial charge on any atom is 0.347 e. The van der Waals surface area contributed by atoms with Crippen LogP contribution in [-0.2, 0) is 6.42 Å². The quantitative estimate of drug-likeness (QED) is 0.662. The van der Waals surface area contributed by atoms with Crippen LogP contribution in [0, 0.1) is 0 Å². The normalized spacial score (nSPS) is 13.0. The van der Waals surface area contributed by atoms with Crippen molar-refractivity contribution in [1.29, 1.82) is 0 Å². The van der Waals surface area contributed by atoms with Crippen molar-refractivity contribution in [3.8, 4) is 11.5 Å². The Bertz CT molecular complexity index is 701. The standard InChI is InChI=1S/C17H16BrNO3/c1-19-15-12-8-5-9-21-16(12)13(10-14(15)18)17(20)22-11-6-3-2-4-7-11/h2-4,6-7,10,19H,5,8-9H2,1H3. The molecule has 5 heteroatoms. The molecule has 3 rings (SSSR count). The van der Waals surface area contributed by atoms with Crippen molar-refractivity contribution < 1.29 is 14.3 Å². The molecule has 0 bridgehead atoms. The number of fused-ring (bicyclic) bond motifs is 1. The van der Waals surface area contributed by atoms with E-state index in [9.17, 15) is 4.79 Å². The number of rotatable bonds is 3. The number of carbonyl (C=O) groups excluding carboxylic acids is 1. The van der Waals surface area contributed by atoms with Crippen LogP contribution >= 0.6 is 15.9 Å². The minimum absolute atomic E-state index is 0.410. The fraction of sp³-hybridized carbons (Fsp3) is 0.235. The van der Waals surface area contributed by atoms with Gasteiger partial charge >= 0.3 is 5.97 Å². The van der Waals surface area contributed by atoms with Gasteiger partial charge in [0.15, 0.2) is 0 Å². The molecule has 0 radical (unpaired) electrons. The van der Waals surface area contributed by atoms with Crippen molar-refractivity contribution in [2.45, 2.75) is 12.8 Å². The maximum absolute atomic E-state index is 12.5. The Hall–Kier alpha value is -2.01. The summed E-state index contributed by atoms with van der Waals surface area (Å²) in [5, 5.41) is 3.16. The molecule has 1 heterocycles. The zero-order valence-corrected chi connectivity index (χ0v) is 13.8. The van der Waals surface area contributed by atoms with Crippen LogP contribution in [0.2, 0.25) is 0 Å². The highest BCUT2D eigenvalue weighted by Crippen LogP contribution is 2.40. The number of carbonyl (C=O) groups is 1. The van der Waals surface area contributed by atoms with Gasteiger partial charge in [-0.05, 0) is 47.0 Å². The molecular formula is C17H16BrNO3. The molecule has 0 aliphatic carbocycles. The minimum Gasteiger partial charge on any atom is -0.492 e. The summed E-state index contributed by atoms with van der Waals surface area (Å²) >= 11 is 3.51. The fourth-order valence-corrected chi connectivity index (χ4v) is 3.25. The summed E-state index contributed by atoms with van der Waals surface area (Å²) < 4.78 is 12.0. The molecule has 2 aromatic carbocycles. The second kappa shape index (κ2) is 6.40. The van der Waals surface area contributed by atoms with E-state index in [2.05, 4.69) is 21.2 Å². The Morgan fingerprint density at radius 2 is 2.09 bits per heavy atom. The first-order valence-electron chi connectivity index (χ1n) is 7.14. The van der Waals surface area contributed by atoms with Crippen LogP contribution in [0.3, 0.4) is 0 Å². The number of halogens is 1. The van der Waals surface area contributed by atoms with E-state index in [1.165, 1.54) is 0 Å². The van der Waals surface area contributed by atoms with Gasteiger partial charge in [-0.3, -0.25) is 0 Å². The summed E-state index contributed by atoms with van der Waals surface area (Å²) in [6.45, 7) is 0.614. The lowest BCUT2D eigenvalue weighted by atomic mass is 10.00. The number of hydrogen-bond donors (Lipinski definition) is 1. The van der Waals surface area contributed by atoms with Gasteiger partial charge in [-0.25, -0.2) is 4.79 Å². The third-order valence-corrected chi connectivity index (χ3v) is 4.20. The first-order valence-corrected chi connectivity index (χ1v) is 7.93. The Balaban J connectivity index is 2.00. The molecule has 114 valence electrons. The monoisotopic (exact) mass is 361 g/mol. The van der Waals surface area contributed by atoms with Crippen molar-refractivity contribution in [2.24, 2.45) is 0 Å². The molecule has 1 aliphatic rings. The van der Waals surface area contributed by atoms with Crippen molar-refractivity contribution in [2.75, 3.05) is 19.0 Å². The number of anilines is 1. The van der Waals surface area contributed by atoms with Crippen LogP contribution in [0.25, 0.3) is 0 Å². The van der Waals surface area contributed by atoms with Gasteiger partial charge in [0.2, 0.25) is 0 Å². The zero-order valence-electron chi connectivity index (χ0n) is 12.2. The highest BCUT2D eigenvalue weighted by molar-refractivity contribution is 9.10. The van der Waals surface area contributed by atoms with Gasteiger partial charge in [0, 0.05) is 17.1 Å². The van der Waals surface area contributed by atoms with Gasteiger partial charge in [-0.15, -0.1) is 0 Å². The van der Waals surface area contributed by atoms with Gasteiger partial charge in [-0.1, -0.05) is 18.2 Å². The lowest BCUT2D eigenvalue weighted by molar-refractivity contribution is 0.0729. The lowest BCUT2D eigenvalue weighted by Gasteiger charge is -2.23. The number of hydrogen-bond acceptors (Lipinski definition) is 4. The van der Waals surface area contributed by atoms with E-state index in [-0.39, 0.29) is 0 Å². The molecule has 0 amide bonds. The van der Waals surface area contributed by atoms with E-state index in [0.29, 0.717) is 23.7 Å². The highest BCUT2D eigenvalue weighted by Gasteiger charge is 2.25. The zero-order chi connectivity index (χ0) is 15.5. The van der Waals surface area contributed by atoms with Crippen LogP contribution in [0.5, 0.6) is 11.5 Å². The summed E-state index contributed by atoms with van der Waals surface area (Å²) in [5.41, 5.74) is 2.43. The predicted molar refractivity (Wildman–Crippen MR) is 88.9 cm³/mol. The van der Waals surface area contributed by atoms with E-state index in [1.54, 1.807) is 18.2 Å². The summed E-state index contributed by atoms with van der Waals surface area (Å²) in [6.07, 6.45) is 1.81. The van der Waals surface area contributed by atoms with Crippen molar-refractivity contribution in [3.05, 3.63) is 52.0 Å². The summed E-state index contributed by atoms with van der Waals surface area (Å²) in [4.78, 5) is 12.5. The van der Waals surface area contributed by atoms with Gasteiger partial charge in [0.05, 0.1) is 12.3 Å². The molecule has 22 heavy (non-hydrogen) atoms. The minimum atomic E-state index is -0.410. The SMILES string of the molecule is CNc1c(Br)cc(C(=O)Oc2ccccc2)c2c1CCCO2. The van der Waals surface area contributed by atoms with E-state index < -0.39 is 5.97 Å². The van der Waals surface area contributed by atoms with Gasteiger partial charge in [0.25, 0.3) is 0 Å². The lowest BCUT2D eigenvalue weighted by Crippen LogP contribution is -2.17. The topological polar surface area (TPSA) is 47.6 Å². The Morgan fingerprint density at radius 3 is 2.82 bits per heavy atom. The van der Waals surface area contributed by atoms with Crippen LogP contribution in [0.15, 0.2) is 40.9 Å². The molecule has 0 saturated heterocycles. The molecule has 0 spiro atoms. The van der Waals surface area contributed by atoms with Gasteiger partial charge < -0.3 is 14.8 Å². The van der Waals surface area contributed by atoms with E-state index in [1.807, 2.05) is 25.2 Å². The van der Waals surface area contributed by atoms with E-state index in [4.69, 9.17) is 9.47 Å². The predicted octanol–water partition coefficient (Wildman–Crippen LogP) is 4.04. The Morgan fingerprint density at radius 1 is 1.32 bits per heavy atom. The Kier molecular flexibility index (Phi) is 4.34. The molecule has 0 aromatic heterocycles. The molecule has 0 fully saturated rings. The van der Waals surface area contributed by atoms with Crippen LogP contribution in [0.1, 0.15) is 22.3 Å². The Labute approximate surface area is 137 Å². The number of benzene rings is 2. The van der Waals surface area contributed by atoms with Crippen LogP contribution in [0.4, 0.5) is 5.69 Å². The first-order chi connectivity index (χ1) is 10.7. The molecule has 1 N–H and O–H groups in total.